The third kappa shape index (κ3) is 4.26. The van der Waals surface area contributed by atoms with E-state index >= 15 is 0 Å². The molecule has 12 heteroatoms. The number of carbonyl (C=O) groups is 1. The van der Waals surface area contributed by atoms with Crippen molar-refractivity contribution in [2.45, 2.75) is 31.2 Å². The molecule has 2 atom stereocenters. The summed E-state index contributed by atoms with van der Waals surface area (Å²) >= 11 is 0. The van der Waals surface area contributed by atoms with Crippen LogP contribution in [-0.4, -0.2) is 31.6 Å². The van der Waals surface area contributed by atoms with Gasteiger partial charge in [0.25, 0.3) is 5.91 Å². The summed E-state index contributed by atoms with van der Waals surface area (Å²) in [6.07, 6.45) is 0.558. The van der Waals surface area contributed by atoms with Crippen LogP contribution in [0.15, 0.2) is 65.7 Å². The Morgan fingerprint density at radius 2 is 1.97 bits per heavy atom. The molecule has 0 spiro atoms. The van der Waals surface area contributed by atoms with Crippen molar-refractivity contribution in [3.05, 3.63) is 84.0 Å². The van der Waals surface area contributed by atoms with Gasteiger partial charge >= 0.3 is 6.18 Å². The van der Waals surface area contributed by atoms with Crippen LogP contribution < -0.4 is 10.6 Å². The first-order chi connectivity index (χ1) is 16.3. The molecule has 2 N–H and O–H groups in total. The number of alkyl halides is 3. The van der Waals surface area contributed by atoms with Gasteiger partial charge in [-0.1, -0.05) is 12.1 Å². The molecule has 0 saturated heterocycles. The van der Waals surface area contributed by atoms with Crippen molar-refractivity contribution in [1.29, 1.82) is 0 Å². The Bertz CT molecular complexity index is 1290. The summed E-state index contributed by atoms with van der Waals surface area (Å²) in [5, 5.41) is 13.6. The van der Waals surface area contributed by atoms with Gasteiger partial charge in [0.1, 0.15) is 23.0 Å². The minimum absolute atomic E-state index is 0.0446. The Morgan fingerprint density at radius 1 is 1.18 bits per heavy atom. The van der Waals surface area contributed by atoms with E-state index < -0.39 is 24.2 Å². The zero-order chi connectivity index (χ0) is 23.9. The molecule has 34 heavy (non-hydrogen) atoms. The van der Waals surface area contributed by atoms with Crippen LogP contribution in [0.1, 0.15) is 40.2 Å². The molecule has 176 valence electrons. The van der Waals surface area contributed by atoms with E-state index in [1.165, 1.54) is 24.6 Å². The second-order valence-electron chi connectivity index (χ2n) is 7.86. The molecule has 1 aliphatic heterocycles. The van der Waals surface area contributed by atoms with Crippen LogP contribution in [0.4, 0.5) is 29.1 Å². The largest absolute Gasteiger partial charge is 0.467 e. The fourth-order valence-corrected chi connectivity index (χ4v) is 3.89. The van der Waals surface area contributed by atoms with Crippen LogP contribution in [0.25, 0.3) is 0 Å². The van der Waals surface area contributed by atoms with Gasteiger partial charge in [0.05, 0.1) is 36.9 Å². The monoisotopic (exact) mass is 474 g/mol. The summed E-state index contributed by atoms with van der Waals surface area (Å²) < 4.78 is 61.9. The first kappa shape index (κ1) is 21.7. The summed E-state index contributed by atoms with van der Waals surface area (Å²) in [4.78, 5) is 12.9. The van der Waals surface area contributed by atoms with Gasteiger partial charge in [0.15, 0.2) is 6.04 Å². The number of amides is 1. The highest BCUT2D eigenvalue weighted by Crippen LogP contribution is 2.44. The van der Waals surface area contributed by atoms with Crippen molar-refractivity contribution in [2.75, 3.05) is 10.6 Å². The number of hydrogen-bond acceptors (Lipinski definition) is 5. The van der Waals surface area contributed by atoms with Crippen molar-refractivity contribution < 1.29 is 26.8 Å². The Kier molecular flexibility index (Phi) is 5.34. The first-order valence-corrected chi connectivity index (χ1v) is 10.3. The molecule has 0 aliphatic carbocycles. The second-order valence-corrected chi connectivity index (χ2v) is 7.86. The molecule has 0 unspecified atom stereocenters. The minimum atomic E-state index is -4.57. The molecule has 0 bridgehead atoms. The Morgan fingerprint density at radius 3 is 2.68 bits per heavy atom. The maximum Gasteiger partial charge on any atom is 0.410 e. The van der Waals surface area contributed by atoms with Crippen molar-refractivity contribution in [3.8, 4) is 0 Å². The molecule has 1 aromatic carbocycles. The predicted octanol–water partition coefficient (Wildman–Crippen LogP) is 4.77. The Balaban J connectivity index is 1.36. The molecule has 0 fully saturated rings. The number of rotatable bonds is 5. The normalized spacial score (nSPS) is 17.8. The molecular weight excluding hydrogens is 456 g/mol. The molecule has 5 rings (SSSR count). The van der Waals surface area contributed by atoms with Gasteiger partial charge in [-0.25, -0.2) is 9.07 Å². The Labute approximate surface area is 190 Å². The zero-order valence-electron chi connectivity index (χ0n) is 17.5. The number of aromatic nitrogens is 4. The quantitative estimate of drug-likeness (QED) is 0.407. The van der Waals surface area contributed by atoms with E-state index in [2.05, 4.69) is 20.8 Å². The molecule has 4 heterocycles. The molecule has 3 aromatic heterocycles. The van der Waals surface area contributed by atoms with Gasteiger partial charge in [-0.3, -0.25) is 9.48 Å². The summed E-state index contributed by atoms with van der Waals surface area (Å²) in [5.41, 5.74) is 1.11. The van der Waals surface area contributed by atoms with Crippen LogP contribution in [0.2, 0.25) is 0 Å². The number of benzene rings is 1. The van der Waals surface area contributed by atoms with Crippen molar-refractivity contribution in [2.24, 2.45) is 0 Å². The summed E-state index contributed by atoms with van der Waals surface area (Å²) in [6.45, 7) is 0.346. The second kappa shape index (κ2) is 8.36. The number of anilines is 2. The number of halogens is 4. The summed E-state index contributed by atoms with van der Waals surface area (Å²) in [5.74, 6) is -0.713. The van der Waals surface area contributed by atoms with Gasteiger partial charge in [-0.15, -0.1) is 0 Å². The lowest BCUT2D eigenvalue weighted by Gasteiger charge is -2.32. The van der Waals surface area contributed by atoms with Gasteiger partial charge in [0.2, 0.25) is 0 Å². The van der Waals surface area contributed by atoms with Crippen LogP contribution in [0.5, 0.6) is 0 Å². The number of fused-ring (bicyclic) bond motifs is 1. The van der Waals surface area contributed by atoms with Crippen LogP contribution in [0, 0.1) is 5.82 Å². The van der Waals surface area contributed by atoms with E-state index in [0.717, 1.165) is 16.4 Å². The lowest BCUT2D eigenvalue weighted by atomic mass is 10.0. The highest BCUT2D eigenvalue weighted by molar-refractivity contribution is 6.07. The number of nitrogens with zero attached hydrogens (tertiary/aromatic N) is 4. The maximum absolute atomic E-state index is 13.7. The van der Waals surface area contributed by atoms with Gasteiger partial charge < -0.3 is 15.1 Å². The van der Waals surface area contributed by atoms with E-state index in [9.17, 15) is 22.4 Å². The Hall–Kier alpha value is -4.09. The molecular formula is C22H18F4N6O2. The summed E-state index contributed by atoms with van der Waals surface area (Å²) in [7, 11) is 0. The predicted molar refractivity (Wildman–Crippen MR) is 113 cm³/mol. The highest BCUT2D eigenvalue weighted by Gasteiger charge is 2.47. The van der Waals surface area contributed by atoms with E-state index in [4.69, 9.17) is 4.42 Å². The number of carbonyl (C=O) groups excluding carboxylic acids is 1. The van der Waals surface area contributed by atoms with E-state index in [1.807, 2.05) is 0 Å². The lowest BCUT2D eigenvalue weighted by molar-refractivity contribution is -0.174. The van der Waals surface area contributed by atoms with Gasteiger partial charge in [-0.2, -0.15) is 23.4 Å². The number of furan rings is 1. The van der Waals surface area contributed by atoms with Gasteiger partial charge in [0, 0.05) is 12.6 Å². The van der Waals surface area contributed by atoms with Crippen molar-refractivity contribution >= 4 is 17.4 Å². The average molecular weight is 474 g/mol. The summed E-state index contributed by atoms with van der Waals surface area (Å²) in [6, 6.07) is 6.37. The average Bonchev–Trinajstić information content (AvgIpc) is 3.55. The zero-order valence-corrected chi connectivity index (χ0v) is 17.5. The molecule has 0 saturated carbocycles. The molecule has 1 amide bonds. The lowest BCUT2D eigenvalue weighted by Crippen LogP contribution is -2.36. The number of hydrogen-bond donors (Lipinski definition) is 2. The first-order valence-electron chi connectivity index (χ1n) is 10.3. The SMILES string of the molecule is O=C(Nc1cnn(Cc2ccc(F)cc2)c1)c1cnn2c1N[C@H](c1ccco1)C[C@H]2C(F)(F)F. The molecule has 1 aliphatic rings. The molecule has 8 nitrogen and oxygen atoms in total. The van der Waals surface area contributed by atoms with Crippen molar-refractivity contribution in [1.82, 2.24) is 19.6 Å². The molecule has 0 radical (unpaired) electrons. The van der Waals surface area contributed by atoms with Crippen LogP contribution in [-0.2, 0) is 6.54 Å². The van der Waals surface area contributed by atoms with Crippen molar-refractivity contribution in [3.63, 3.8) is 0 Å². The third-order valence-electron chi connectivity index (χ3n) is 5.52. The highest BCUT2D eigenvalue weighted by atomic mass is 19.4. The van der Waals surface area contributed by atoms with E-state index in [-0.39, 0.29) is 23.6 Å². The van der Waals surface area contributed by atoms with Crippen LogP contribution >= 0.6 is 0 Å². The smallest absolute Gasteiger partial charge is 0.410 e. The fourth-order valence-electron chi connectivity index (χ4n) is 3.89. The van der Waals surface area contributed by atoms with Gasteiger partial charge in [-0.05, 0) is 29.8 Å². The minimum Gasteiger partial charge on any atom is -0.467 e. The molecule has 4 aromatic rings. The third-order valence-corrected chi connectivity index (χ3v) is 5.52. The number of nitrogens with one attached hydrogen (secondary N) is 2. The van der Waals surface area contributed by atoms with E-state index in [0.29, 0.717) is 18.0 Å². The van der Waals surface area contributed by atoms with Crippen LogP contribution in [0.3, 0.4) is 0 Å². The maximum atomic E-state index is 13.7. The fraction of sp³-hybridized carbons (Fsp3) is 0.227. The topological polar surface area (TPSA) is 89.9 Å². The standard InChI is InChI=1S/C22H18F4N6O2/c23-14-5-3-13(4-6-14)11-31-12-15(9-27-31)29-21(33)16-10-28-32-19(22(24,25)26)8-17(30-20(16)32)18-2-1-7-34-18/h1-7,9-10,12,17,19,30H,8,11H2,(H,29,33)/t17-,19-/m0/s1. The van der Waals surface area contributed by atoms with E-state index in [1.54, 1.807) is 35.1 Å².